The predicted molar refractivity (Wildman–Crippen MR) is 111 cm³/mol. The second-order valence-electron chi connectivity index (χ2n) is 7.78. The van der Waals surface area contributed by atoms with Crippen molar-refractivity contribution < 1.29 is 14.3 Å². The zero-order valence-corrected chi connectivity index (χ0v) is 17.3. The van der Waals surface area contributed by atoms with E-state index in [2.05, 4.69) is 35.0 Å². The monoisotopic (exact) mass is 396 g/mol. The van der Waals surface area contributed by atoms with Crippen molar-refractivity contribution in [2.45, 2.75) is 32.4 Å². The van der Waals surface area contributed by atoms with Gasteiger partial charge in [0.25, 0.3) is 5.91 Å². The predicted octanol–water partition coefficient (Wildman–Crippen LogP) is 3.81. The van der Waals surface area contributed by atoms with Gasteiger partial charge in [0.2, 0.25) is 0 Å². The number of hydrogen-bond acceptors (Lipinski definition) is 5. The smallest absolute Gasteiger partial charge is 0.276 e. The summed E-state index contributed by atoms with van der Waals surface area (Å²) < 4.78 is 7.46. The molecule has 0 bridgehead atoms. The van der Waals surface area contributed by atoms with E-state index in [0.717, 1.165) is 17.8 Å². The number of ether oxygens (including phenoxy) is 1. The van der Waals surface area contributed by atoms with Gasteiger partial charge in [0.05, 0.1) is 5.52 Å². The van der Waals surface area contributed by atoms with Crippen LogP contribution >= 0.6 is 0 Å². The third-order valence-corrected chi connectivity index (χ3v) is 5.98. The Balaban J connectivity index is 1.86. The number of anilines is 1. The molecule has 2 aromatic heterocycles. The molecule has 3 rings (SSSR count). The Bertz CT molecular complexity index is 980. The number of nitrogens with zero attached hydrogens (tertiary/aromatic N) is 3. The number of carbonyl (C=O) groups excluding carboxylic acids is 2. The van der Waals surface area contributed by atoms with E-state index >= 15 is 0 Å². The molecular formula is C20H24N4O3Si. The molecule has 2 heterocycles. The Labute approximate surface area is 164 Å². The fourth-order valence-electron chi connectivity index (χ4n) is 2.69. The third kappa shape index (κ3) is 4.90. The lowest BCUT2D eigenvalue weighted by atomic mass is 10.1. The summed E-state index contributed by atoms with van der Waals surface area (Å²) >= 11 is 0. The van der Waals surface area contributed by atoms with Gasteiger partial charge in [0.1, 0.15) is 13.0 Å². The minimum Gasteiger partial charge on any atom is -0.360 e. The summed E-state index contributed by atoms with van der Waals surface area (Å²) in [6.07, 6.45) is 3.96. The highest BCUT2D eigenvalue weighted by atomic mass is 28.3. The van der Waals surface area contributed by atoms with Gasteiger partial charge in [-0.1, -0.05) is 19.6 Å². The summed E-state index contributed by atoms with van der Waals surface area (Å²) in [6.45, 7) is 7.79. The van der Waals surface area contributed by atoms with E-state index in [1.807, 2.05) is 0 Å². The van der Waals surface area contributed by atoms with Gasteiger partial charge in [0, 0.05) is 43.7 Å². The van der Waals surface area contributed by atoms with Crippen LogP contribution in [0.25, 0.3) is 10.9 Å². The molecule has 28 heavy (non-hydrogen) atoms. The normalized spacial score (nSPS) is 11.5. The number of hydrogen-bond donors (Lipinski definition) is 1. The average molecular weight is 397 g/mol. The quantitative estimate of drug-likeness (QED) is 0.355. The summed E-state index contributed by atoms with van der Waals surface area (Å²) in [6, 6.07) is 9.63. The van der Waals surface area contributed by atoms with Gasteiger partial charge in [-0.15, -0.1) is 0 Å². The fourth-order valence-corrected chi connectivity index (χ4v) is 3.45. The van der Waals surface area contributed by atoms with Crippen molar-refractivity contribution in [1.29, 1.82) is 0 Å². The van der Waals surface area contributed by atoms with Gasteiger partial charge in [-0.25, -0.2) is 4.68 Å². The summed E-state index contributed by atoms with van der Waals surface area (Å²) in [7, 11) is -1.18. The minimum atomic E-state index is -1.18. The van der Waals surface area contributed by atoms with Crippen LogP contribution in [0.4, 0.5) is 5.69 Å². The second-order valence-corrected chi connectivity index (χ2v) is 13.4. The number of nitrogens with one attached hydrogen (secondary N) is 1. The molecule has 1 amide bonds. The van der Waals surface area contributed by atoms with Crippen LogP contribution in [0.1, 0.15) is 20.8 Å². The van der Waals surface area contributed by atoms with Gasteiger partial charge in [-0.05, 0) is 36.4 Å². The number of aromatic nitrogens is 3. The number of amides is 1. The zero-order valence-electron chi connectivity index (χ0n) is 16.3. The van der Waals surface area contributed by atoms with Crippen LogP contribution in [0.5, 0.6) is 0 Å². The SMILES string of the molecule is C[Si](C)(C)CCOCn1nc(C(=O)Nc2ccncc2)c2cc(C=O)ccc21. The molecule has 0 unspecified atom stereocenters. The minimum absolute atomic E-state index is 0.254. The maximum atomic E-state index is 12.8. The van der Waals surface area contributed by atoms with Crippen LogP contribution in [-0.2, 0) is 11.5 Å². The Kier molecular flexibility index (Phi) is 6.01. The van der Waals surface area contributed by atoms with Gasteiger partial charge >= 0.3 is 0 Å². The van der Waals surface area contributed by atoms with E-state index in [9.17, 15) is 9.59 Å². The first-order chi connectivity index (χ1) is 13.4. The molecule has 3 aromatic rings. The molecule has 0 atom stereocenters. The first-order valence-corrected chi connectivity index (χ1v) is 12.8. The number of rotatable bonds is 8. The van der Waals surface area contributed by atoms with Crippen LogP contribution in [0.3, 0.4) is 0 Å². The van der Waals surface area contributed by atoms with Crippen LogP contribution in [0, 0.1) is 0 Å². The number of fused-ring (bicyclic) bond motifs is 1. The Morgan fingerprint density at radius 2 is 1.96 bits per heavy atom. The molecule has 146 valence electrons. The van der Waals surface area contributed by atoms with Crippen molar-refractivity contribution in [3.63, 3.8) is 0 Å². The molecule has 0 saturated heterocycles. The standard InChI is InChI=1S/C20H24N4O3Si/c1-28(2,3)11-10-27-14-24-18-5-4-15(13-25)12-17(18)19(23-24)20(26)22-16-6-8-21-9-7-16/h4-9,12-13H,10-11,14H2,1-3H3,(H,21,22,26). The van der Waals surface area contributed by atoms with E-state index in [4.69, 9.17) is 4.74 Å². The average Bonchev–Trinajstić information content (AvgIpc) is 3.03. The maximum absolute atomic E-state index is 12.8. The van der Waals surface area contributed by atoms with Crippen molar-refractivity contribution in [3.05, 3.63) is 54.0 Å². The molecule has 0 aliphatic carbocycles. The van der Waals surface area contributed by atoms with Crippen molar-refractivity contribution >= 4 is 36.9 Å². The van der Waals surface area contributed by atoms with Crippen molar-refractivity contribution in [2.75, 3.05) is 11.9 Å². The Morgan fingerprint density at radius 3 is 2.64 bits per heavy atom. The third-order valence-electron chi connectivity index (χ3n) is 4.27. The molecule has 8 heteroatoms. The highest BCUT2D eigenvalue weighted by molar-refractivity contribution is 6.76. The number of pyridine rings is 1. The van der Waals surface area contributed by atoms with Crippen molar-refractivity contribution in [3.8, 4) is 0 Å². The number of carbonyl (C=O) groups is 2. The molecule has 0 saturated carbocycles. The number of aldehydes is 1. The molecule has 0 aliphatic rings. The molecule has 0 radical (unpaired) electrons. The van der Waals surface area contributed by atoms with Gasteiger partial charge < -0.3 is 10.1 Å². The lowest BCUT2D eigenvalue weighted by molar-refractivity contribution is 0.0809. The lowest BCUT2D eigenvalue weighted by Gasteiger charge is -2.15. The highest BCUT2D eigenvalue weighted by Crippen LogP contribution is 2.21. The van der Waals surface area contributed by atoms with Gasteiger partial charge in [-0.3, -0.25) is 14.6 Å². The summed E-state index contributed by atoms with van der Waals surface area (Å²) in [5.41, 5.74) is 2.12. The van der Waals surface area contributed by atoms with Crippen LogP contribution in [0.15, 0.2) is 42.7 Å². The number of benzene rings is 1. The zero-order chi connectivity index (χ0) is 20.1. The fraction of sp³-hybridized carbons (Fsp3) is 0.300. The van der Waals surface area contributed by atoms with E-state index in [1.54, 1.807) is 47.4 Å². The summed E-state index contributed by atoms with van der Waals surface area (Å²) in [4.78, 5) is 27.9. The maximum Gasteiger partial charge on any atom is 0.276 e. The summed E-state index contributed by atoms with van der Waals surface area (Å²) in [5, 5.41) is 7.88. The van der Waals surface area contributed by atoms with Crippen LogP contribution < -0.4 is 5.32 Å². The van der Waals surface area contributed by atoms with Gasteiger partial charge in [-0.2, -0.15) is 5.10 Å². The molecule has 0 fully saturated rings. The van der Waals surface area contributed by atoms with Crippen molar-refractivity contribution in [1.82, 2.24) is 14.8 Å². The van der Waals surface area contributed by atoms with Crippen LogP contribution in [-0.4, -0.2) is 41.6 Å². The first kappa shape index (κ1) is 19.9. The van der Waals surface area contributed by atoms with E-state index in [0.29, 0.717) is 23.2 Å². The molecule has 1 N–H and O–H groups in total. The molecule has 1 aromatic carbocycles. The molecular weight excluding hydrogens is 372 g/mol. The molecule has 0 spiro atoms. The Hall–Kier alpha value is -2.84. The second kappa shape index (κ2) is 8.45. The molecule has 7 nitrogen and oxygen atoms in total. The van der Waals surface area contributed by atoms with E-state index in [1.165, 1.54) is 0 Å². The van der Waals surface area contributed by atoms with Gasteiger partial charge in [0.15, 0.2) is 5.69 Å². The Morgan fingerprint density at radius 1 is 1.21 bits per heavy atom. The lowest BCUT2D eigenvalue weighted by Crippen LogP contribution is -2.22. The summed E-state index contributed by atoms with van der Waals surface area (Å²) in [5.74, 6) is -0.347. The largest absolute Gasteiger partial charge is 0.360 e. The first-order valence-electron chi connectivity index (χ1n) is 9.12. The van der Waals surface area contributed by atoms with E-state index in [-0.39, 0.29) is 18.3 Å². The topological polar surface area (TPSA) is 86.1 Å². The van der Waals surface area contributed by atoms with Crippen molar-refractivity contribution in [2.24, 2.45) is 0 Å². The van der Waals surface area contributed by atoms with Crippen LogP contribution in [0.2, 0.25) is 25.7 Å². The molecule has 0 aliphatic heterocycles. The highest BCUT2D eigenvalue weighted by Gasteiger charge is 2.18. The van der Waals surface area contributed by atoms with E-state index < -0.39 is 8.07 Å².